The number of halogens is 1. The number of ether oxygens (including phenoxy) is 1. The summed E-state index contributed by atoms with van der Waals surface area (Å²) in [5.74, 6) is 0.904. The van der Waals surface area contributed by atoms with Gasteiger partial charge < -0.3 is 10.5 Å². The predicted molar refractivity (Wildman–Crippen MR) is 78.1 cm³/mol. The third kappa shape index (κ3) is 2.09. The summed E-state index contributed by atoms with van der Waals surface area (Å²) >= 11 is 5.22. The van der Waals surface area contributed by atoms with Crippen molar-refractivity contribution in [3.63, 3.8) is 0 Å². The van der Waals surface area contributed by atoms with E-state index in [0.29, 0.717) is 0 Å². The molecule has 2 heterocycles. The highest BCUT2D eigenvalue weighted by molar-refractivity contribution is 9.10. The van der Waals surface area contributed by atoms with Gasteiger partial charge in [0.1, 0.15) is 11.9 Å². The molecular weight excluding hydrogens is 310 g/mol. The lowest BCUT2D eigenvalue weighted by Crippen LogP contribution is -2.23. The first kappa shape index (κ1) is 12.2. The number of nitrogens with two attached hydrogens (primary N) is 1. The molecule has 1 aliphatic rings. The smallest absolute Gasteiger partial charge is 0.135 e. The SMILES string of the molecule is Cc1ccsc1C1CC(N)c2ccc(Br)cc2O1. The quantitative estimate of drug-likeness (QED) is 0.847. The molecule has 0 bridgehead atoms. The molecule has 94 valence electrons. The molecule has 0 aliphatic carbocycles. The van der Waals surface area contributed by atoms with Crippen LogP contribution < -0.4 is 10.5 Å². The second kappa shape index (κ2) is 4.68. The second-order valence-corrected chi connectivity index (χ2v) is 6.46. The molecular formula is C14H14BrNOS. The summed E-state index contributed by atoms with van der Waals surface area (Å²) in [5, 5.41) is 2.11. The first-order valence-corrected chi connectivity index (χ1v) is 7.58. The summed E-state index contributed by atoms with van der Waals surface area (Å²) in [6.45, 7) is 2.12. The van der Waals surface area contributed by atoms with Crippen molar-refractivity contribution in [3.05, 3.63) is 50.1 Å². The maximum Gasteiger partial charge on any atom is 0.135 e. The van der Waals surface area contributed by atoms with Crippen LogP contribution in [0.2, 0.25) is 0 Å². The lowest BCUT2D eigenvalue weighted by Gasteiger charge is -2.30. The number of hydrogen-bond donors (Lipinski definition) is 1. The van der Waals surface area contributed by atoms with Gasteiger partial charge in [-0.1, -0.05) is 22.0 Å². The van der Waals surface area contributed by atoms with Crippen molar-refractivity contribution in [1.29, 1.82) is 0 Å². The van der Waals surface area contributed by atoms with Crippen LogP contribution in [0.5, 0.6) is 5.75 Å². The Balaban J connectivity index is 1.98. The van der Waals surface area contributed by atoms with Gasteiger partial charge in [0.25, 0.3) is 0 Å². The molecule has 1 aliphatic heterocycles. The van der Waals surface area contributed by atoms with Crippen molar-refractivity contribution < 1.29 is 4.74 Å². The van der Waals surface area contributed by atoms with Crippen molar-refractivity contribution in [1.82, 2.24) is 0 Å². The zero-order valence-corrected chi connectivity index (χ0v) is 12.4. The van der Waals surface area contributed by atoms with Gasteiger partial charge in [-0.15, -0.1) is 11.3 Å². The fourth-order valence-electron chi connectivity index (χ4n) is 2.35. The van der Waals surface area contributed by atoms with Crippen LogP contribution in [0.15, 0.2) is 34.1 Å². The molecule has 0 fully saturated rings. The molecule has 2 nitrogen and oxygen atoms in total. The zero-order valence-electron chi connectivity index (χ0n) is 10.0. The number of thiophene rings is 1. The highest BCUT2D eigenvalue weighted by atomic mass is 79.9. The van der Waals surface area contributed by atoms with Crippen LogP contribution in [0.25, 0.3) is 0 Å². The molecule has 3 rings (SSSR count). The van der Waals surface area contributed by atoms with Crippen LogP contribution in [0.4, 0.5) is 0 Å². The standard InChI is InChI=1S/C14H14BrNOS/c1-8-4-5-18-14(8)13-7-11(16)10-3-2-9(15)6-12(10)17-13/h2-6,11,13H,7,16H2,1H3. The van der Waals surface area contributed by atoms with E-state index in [9.17, 15) is 0 Å². The predicted octanol–water partition coefficient (Wildman–Crippen LogP) is 4.34. The Kier molecular flexibility index (Phi) is 3.18. The second-order valence-electron chi connectivity index (χ2n) is 4.60. The first-order valence-electron chi connectivity index (χ1n) is 5.91. The van der Waals surface area contributed by atoms with E-state index in [1.165, 1.54) is 10.4 Å². The normalized spacial score (nSPS) is 22.4. The van der Waals surface area contributed by atoms with Crippen molar-refractivity contribution in [3.8, 4) is 5.75 Å². The van der Waals surface area contributed by atoms with Gasteiger partial charge in [-0.05, 0) is 36.1 Å². The number of fused-ring (bicyclic) bond motifs is 1. The molecule has 0 radical (unpaired) electrons. The lowest BCUT2D eigenvalue weighted by atomic mass is 9.96. The molecule has 0 saturated carbocycles. The molecule has 4 heteroatoms. The van der Waals surface area contributed by atoms with Gasteiger partial charge >= 0.3 is 0 Å². The van der Waals surface area contributed by atoms with Crippen LogP contribution in [0, 0.1) is 6.92 Å². The van der Waals surface area contributed by atoms with Crippen LogP contribution in [0.1, 0.15) is 34.6 Å². The zero-order chi connectivity index (χ0) is 12.7. The molecule has 1 aromatic heterocycles. The topological polar surface area (TPSA) is 35.2 Å². The number of rotatable bonds is 1. The van der Waals surface area contributed by atoms with Gasteiger partial charge in [-0.3, -0.25) is 0 Å². The van der Waals surface area contributed by atoms with Crippen LogP contribution in [-0.2, 0) is 0 Å². The molecule has 18 heavy (non-hydrogen) atoms. The molecule has 0 amide bonds. The third-order valence-corrected chi connectivity index (χ3v) is 4.91. The van der Waals surface area contributed by atoms with Gasteiger partial charge in [0, 0.05) is 27.4 Å². The van der Waals surface area contributed by atoms with E-state index in [0.717, 1.165) is 22.2 Å². The Hall–Kier alpha value is -0.840. The largest absolute Gasteiger partial charge is 0.484 e. The third-order valence-electron chi connectivity index (χ3n) is 3.31. The molecule has 2 N–H and O–H groups in total. The molecule has 2 aromatic rings. The van der Waals surface area contributed by atoms with Crippen LogP contribution in [-0.4, -0.2) is 0 Å². The van der Waals surface area contributed by atoms with E-state index >= 15 is 0 Å². The monoisotopic (exact) mass is 323 g/mol. The fraction of sp³-hybridized carbons (Fsp3) is 0.286. The van der Waals surface area contributed by atoms with E-state index in [2.05, 4.69) is 34.3 Å². The summed E-state index contributed by atoms with van der Waals surface area (Å²) in [5.41, 5.74) is 8.64. The van der Waals surface area contributed by atoms with E-state index in [1.54, 1.807) is 11.3 Å². The van der Waals surface area contributed by atoms with E-state index in [1.807, 2.05) is 18.2 Å². The summed E-state index contributed by atoms with van der Waals surface area (Å²) in [4.78, 5) is 1.29. The Morgan fingerprint density at radius 1 is 1.39 bits per heavy atom. The van der Waals surface area contributed by atoms with Gasteiger partial charge in [0.05, 0.1) is 0 Å². The lowest BCUT2D eigenvalue weighted by molar-refractivity contribution is 0.164. The van der Waals surface area contributed by atoms with E-state index in [4.69, 9.17) is 10.5 Å². The van der Waals surface area contributed by atoms with Crippen molar-refractivity contribution in [2.75, 3.05) is 0 Å². The number of hydrogen-bond acceptors (Lipinski definition) is 3. The Morgan fingerprint density at radius 3 is 2.94 bits per heavy atom. The maximum absolute atomic E-state index is 6.25. The van der Waals surface area contributed by atoms with Crippen LogP contribution in [0.3, 0.4) is 0 Å². The van der Waals surface area contributed by atoms with Crippen LogP contribution >= 0.6 is 27.3 Å². The average molecular weight is 324 g/mol. The first-order chi connectivity index (χ1) is 8.65. The Labute approximate surface area is 119 Å². The van der Waals surface area contributed by atoms with Crippen molar-refractivity contribution >= 4 is 27.3 Å². The minimum atomic E-state index is 0.0494. The summed E-state index contributed by atoms with van der Waals surface area (Å²) < 4.78 is 7.13. The maximum atomic E-state index is 6.25. The fourth-order valence-corrected chi connectivity index (χ4v) is 3.66. The highest BCUT2D eigenvalue weighted by Crippen LogP contribution is 2.42. The number of aryl methyl sites for hydroxylation is 1. The summed E-state index contributed by atoms with van der Waals surface area (Å²) in [6.07, 6.45) is 0.928. The van der Waals surface area contributed by atoms with Gasteiger partial charge in [0.15, 0.2) is 0 Å². The van der Waals surface area contributed by atoms with Gasteiger partial charge in [-0.2, -0.15) is 0 Å². The summed E-state index contributed by atoms with van der Waals surface area (Å²) in [6, 6.07) is 8.24. The van der Waals surface area contributed by atoms with Gasteiger partial charge in [0.2, 0.25) is 0 Å². The number of benzene rings is 1. The minimum absolute atomic E-state index is 0.0494. The molecule has 2 atom stereocenters. The highest BCUT2D eigenvalue weighted by Gasteiger charge is 2.28. The molecule has 2 unspecified atom stereocenters. The molecule has 1 aromatic carbocycles. The van der Waals surface area contributed by atoms with Gasteiger partial charge in [-0.25, -0.2) is 0 Å². The molecule has 0 spiro atoms. The Bertz CT molecular complexity index is 581. The van der Waals surface area contributed by atoms with E-state index < -0.39 is 0 Å². The Morgan fingerprint density at radius 2 is 2.22 bits per heavy atom. The average Bonchev–Trinajstić information content (AvgIpc) is 2.74. The molecule has 0 saturated heterocycles. The van der Waals surface area contributed by atoms with E-state index in [-0.39, 0.29) is 12.1 Å². The van der Waals surface area contributed by atoms with Crippen molar-refractivity contribution in [2.24, 2.45) is 5.73 Å². The summed E-state index contributed by atoms with van der Waals surface area (Å²) in [7, 11) is 0. The minimum Gasteiger partial charge on any atom is -0.484 e. The van der Waals surface area contributed by atoms with Crippen molar-refractivity contribution in [2.45, 2.75) is 25.5 Å².